The largest absolute Gasteiger partial charge is 0.462 e. The van der Waals surface area contributed by atoms with E-state index in [0.29, 0.717) is 19.3 Å². The van der Waals surface area contributed by atoms with Crippen molar-refractivity contribution in [3.8, 4) is 0 Å². The van der Waals surface area contributed by atoms with E-state index in [2.05, 4.69) is 87.6 Å². The van der Waals surface area contributed by atoms with Crippen LogP contribution in [0.2, 0.25) is 0 Å². The van der Waals surface area contributed by atoms with Gasteiger partial charge in [0.25, 0.3) is 0 Å². The van der Waals surface area contributed by atoms with Crippen LogP contribution in [0, 0.1) is 0 Å². The monoisotopic (exact) mass is 917 g/mol. The Kier molecular flexibility index (Phi) is 50.9. The number of rotatable bonds is 48. The molecule has 1 atom stereocenters. The van der Waals surface area contributed by atoms with Gasteiger partial charge in [0.1, 0.15) is 13.2 Å². The molecule has 0 aliphatic rings. The number of hydrogen-bond acceptors (Lipinski definition) is 6. The SMILES string of the molecule is CCC/C=C/C=C/C=C/C=C/C=C/CCCCCCCC(=O)OCC(COC(=O)CC/C=C/C/C=C/CCCCCCCC)OC(=O)CCCCCCCCC/C=C/CCCCCCCC. The third-order valence-corrected chi connectivity index (χ3v) is 11.4. The van der Waals surface area contributed by atoms with Gasteiger partial charge in [-0.1, -0.05) is 240 Å². The summed E-state index contributed by atoms with van der Waals surface area (Å²) in [7, 11) is 0. The number of unbranched alkanes of at least 4 members (excludes halogenated alkanes) is 25. The molecule has 66 heavy (non-hydrogen) atoms. The second-order valence-electron chi connectivity index (χ2n) is 17.9. The van der Waals surface area contributed by atoms with Gasteiger partial charge < -0.3 is 14.2 Å². The van der Waals surface area contributed by atoms with Gasteiger partial charge in [0.2, 0.25) is 0 Å². The fourth-order valence-corrected chi connectivity index (χ4v) is 7.28. The number of allylic oxidation sites excluding steroid dienone is 16. The second-order valence-corrected chi connectivity index (χ2v) is 17.9. The third-order valence-electron chi connectivity index (χ3n) is 11.4. The summed E-state index contributed by atoms with van der Waals surface area (Å²) in [6.07, 6.45) is 71.1. The van der Waals surface area contributed by atoms with Gasteiger partial charge in [-0.25, -0.2) is 0 Å². The van der Waals surface area contributed by atoms with Gasteiger partial charge >= 0.3 is 17.9 Å². The first kappa shape index (κ1) is 62.3. The van der Waals surface area contributed by atoms with Gasteiger partial charge in [-0.15, -0.1) is 0 Å². The van der Waals surface area contributed by atoms with E-state index in [1.165, 1.54) is 122 Å². The maximum atomic E-state index is 12.8. The van der Waals surface area contributed by atoms with E-state index in [1.54, 1.807) is 0 Å². The van der Waals surface area contributed by atoms with Gasteiger partial charge in [0.15, 0.2) is 6.10 Å². The molecule has 0 radical (unpaired) electrons. The Balaban J connectivity index is 4.50. The molecule has 0 bridgehead atoms. The highest BCUT2D eigenvalue weighted by Crippen LogP contribution is 2.14. The zero-order chi connectivity index (χ0) is 47.9. The molecule has 0 spiro atoms. The molecule has 0 N–H and O–H groups in total. The van der Waals surface area contributed by atoms with Crippen molar-refractivity contribution < 1.29 is 28.6 Å². The maximum absolute atomic E-state index is 12.8. The van der Waals surface area contributed by atoms with Crippen LogP contribution in [0.3, 0.4) is 0 Å². The quantitative estimate of drug-likeness (QED) is 0.0199. The van der Waals surface area contributed by atoms with Crippen LogP contribution in [0.1, 0.15) is 245 Å². The Bertz CT molecular complexity index is 1330. The van der Waals surface area contributed by atoms with Crippen LogP contribution in [0.5, 0.6) is 0 Å². The summed E-state index contributed by atoms with van der Waals surface area (Å²) in [5.41, 5.74) is 0. The number of ether oxygens (including phenoxy) is 3. The van der Waals surface area contributed by atoms with Crippen molar-refractivity contribution in [1.29, 1.82) is 0 Å². The highest BCUT2D eigenvalue weighted by molar-refractivity contribution is 5.71. The van der Waals surface area contributed by atoms with Crippen molar-refractivity contribution in [3.63, 3.8) is 0 Å². The van der Waals surface area contributed by atoms with Crippen LogP contribution in [0.25, 0.3) is 0 Å². The Morgan fingerprint density at radius 1 is 0.318 bits per heavy atom. The standard InChI is InChI=1S/C60H100O6/c1-4-7-10-13-16-19-22-25-27-29-31-32-35-38-41-44-47-50-53-59(62)65-56-57(55-64-58(61)52-49-46-43-40-37-34-24-21-18-15-12-9-6-3)66-60(63)54-51-48-45-42-39-36-33-30-28-26-23-20-17-14-11-8-5-2/h10,13,16,19,22,25-29,31-32,34,37,43,46,57H,4-9,11-12,14-15,17-18,20-21,23-24,30,33,35-36,38-42,44-45,47-56H2,1-3H3/b13-10+,19-16+,25-22+,28-26+,29-27+,32-31+,37-34+,46-43+. The highest BCUT2D eigenvalue weighted by Gasteiger charge is 2.19. The lowest BCUT2D eigenvalue weighted by molar-refractivity contribution is -0.166. The summed E-state index contributed by atoms with van der Waals surface area (Å²) in [4.78, 5) is 38.0. The fraction of sp³-hybridized carbons (Fsp3) is 0.683. The van der Waals surface area contributed by atoms with Gasteiger partial charge in [0.05, 0.1) is 0 Å². The highest BCUT2D eigenvalue weighted by atomic mass is 16.6. The normalized spacial score (nSPS) is 12.8. The third kappa shape index (κ3) is 51.3. The van der Waals surface area contributed by atoms with Crippen LogP contribution in [0.15, 0.2) is 97.2 Å². The molecule has 0 saturated heterocycles. The zero-order valence-electron chi connectivity index (χ0n) is 42.9. The van der Waals surface area contributed by atoms with E-state index in [0.717, 1.165) is 77.0 Å². The Morgan fingerprint density at radius 3 is 1.14 bits per heavy atom. The molecule has 0 aromatic carbocycles. The van der Waals surface area contributed by atoms with E-state index in [4.69, 9.17) is 14.2 Å². The van der Waals surface area contributed by atoms with Crippen molar-refractivity contribution in [1.82, 2.24) is 0 Å². The van der Waals surface area contributed by atoms with Crippen molar-refractivity contribution in [2.45, 2.75) is 252 Å². The van der Waals surface area contributed by atoms with Crippen LogP contribution >= 0.6 is 0 Å². The number of carbonyl (C=O) groups is 3. The molecule has 376 valence electrons. The minimum atomic E-state index is -0.814. The number of carbonyl (C=O) groups excluding carboxylic acids is 3. The Labute approximate surface area is 407 Å². The van der Waals surface area contributed by atoms with E-state index in [-0.39, 0.29) is 37.5 Å². The fourth-order valence-electron chi connectivity index (χ4n) is 7.28. The van der Waals surface area contributed by atoms with Gasteiger partial charge in [0, 0.05) is 19.3 Å². The minimum Gasteiger partial charge on any atom is -0.462 e. The molecule has 6 heteroatoms. The molecule has 0 aromatic rings. The lowest BCUT2D eigenvalue weighted by Gasteiger charge is -2.18. The average Bonchev–Trinajstić information content (AvgIpc) is 3.31. The molecule has 0 fully saturated rings. The predicted octanol–water partition coefficient (Wildman–Crippen LogP) is 18.1. The average molecular weight is 917 g/mol. The maximum Gasteiger partial charge on any atom is 0.306 e. The van der Waals surface area contributed by atoms with E-state index in [1.807, 2.05) is 30.4 Å². The van der Waals surface area contributed by atoms with Gasteiger partial charge in [-0.2, -0.15) is 0 Å². The Morgan fingerprint density at radius 2 is 0.667 bits per heavy atom. The molecule has 0 rings (SSSR count). The van der Waals surface area contributed by atoms with Crippen LogP contribution in [0.4, 0.5) is 0 Å². The first-order valence-corrected chi connectivity index (χ1v) is 27.3. The number of hydrogen-bond donors (Lipinski definition) is 0. The topological polar surface area (TPSA) is 78.9 Å². The van der Waals surface area contributed by atoms with Crippen molar-refractivity contribution >= 4 is 17.9 Å². The molecule has 6 nitrogen and oxygen atoms in total. The summed E-state index contributed by atoms with van der Waals surface area (Å²) < 4.78 is 16.7. The first-order chi connectivity index (χ1) is 32.5. The predicted molar refractivity (Wildman–Crippen MR) is 284 cm³/mol. The van der Waals surface area contributed by atoms with E-state index in [9.17, 15) is 14.4 Å². The van der Waals surface area contributed by atoms with Gasteiger partial charge in [-0.05, 0) is 83.5 Å². The molecular formula is C60H100O6. The summed E-state index contributed by atoms with van der Waals surface area (Å²) in [5.74, 6) is -1.01. The zero-order valence-corrected chi connectivity index (χ0v) is 42.9. The minimum absolute atomic E-state index is 0.110. The van der Waals surface area contributed by atoms with Crippen LogP contribution in [-0.4, -0.2) is 37.2 Å². The molecule has 0 saturated carbocycles. The molecule has 0 aliphatic heterocycles. The molecular weight excluding hydrogens is 817 g/mol. The Hall–Kier alpha value is -3.67. The lowest BCUT2D eigenvalue weighted by atomic mass is 10.1. The first-order valence-electron chi connectivity index (χ1n) is 27.3. The molecule has 1 unspecified atom stereocenters. The molecule has 0 aliphatic carbocycles. The molecule has 0 aromatic heterocycles. The van der Waals surface area contributed by atoms with Crippen LogP contribution in [-0.2, 0) is 28.6 Å². The van der Waals surface area contributed by atoms with Crippen molar-refractivity contribution in [2.75, 3.05) is 13.2 Å². The summed E-state index contributed by atoms with van der Waals surface area (Å²) in [5, 5.41) is 0. The molecule has 0 heterocycles. The van der Waals surface area contributed by atoms with Crippen molar-refractivity contribution in [2.24, 2.45) is 0 Å². The van der Waals surface area contributed by atoms with Crippen molar-refractivity contribution in [3.05, 3.63) is 97.2 Å². The lowest BCUT2D eigenvalue weighted by Crippen LogP contribution is -2.30. The van der Waals surface area contributed by atoms with Gasteiger partial charge in [-0.3, -0.25) is 14.4 Å². The summed E-state index contributed by atoms with van der Waals surface area (Å²) >= 11 is 0. The van der Waals surface area contributed by atoms with E-state index < -0.39 is 6.10 Å². The molecule has 0 amide bonds. The van der Waals surface area contributed by atoms with E-state index >= 15 is 0 Å². The second kappa shape index (κ2) is 53.9. The smallest absolute Gasteiger partial charge is 0.306 e. The van der Waals surface area contributed by atoms with Crippen LogP contribution < -0.4 is 0 Å². The number of esters is 3. The summed E-state index contributed by atoms with van der Waals surface area (Å²) in [6.45, 7) is 6.46. The summed E-state index contributed by atoms with van der Waals surface area (Å²) in [6, 6.07) is 0.